The van der Waals surface area contributed by atoms with Crippen molar-refractivity contribution in [3.8, 4) is 0 Å². The molecule has 0 aliphatic heterocycles. The molecule has 0 aliphatic carbocycles. The van der Waals surface area contributed by atoms with Crippen LogP contribution in [0.25, 0.3) is 0 Å². The van der Waals surface area contributed by atoms with Crippen LogP contribution in [0.4, 0.5) is 5.82 Å². The molecule has 0 radical (unpaired) electrons. The molecule has 1 amide bonds. The van der Waals surface area contributed by atoms with Crippen molar-refractivity contribution >= 4 is 23.3 Å². The summed E-state index contributed by atoms with van der Waals surface area (Å²) in [4.78, 5) is 18.8. The second-order valence-electron chi connectivity index (χ2n) is 2.71. The first-order valence-corrected chi connectivity index (χ1v) is 4.56. The number of hydrogen-bond acceptors (Lipinski definition) is 4. The van der Waals surface area contributed by atoms with E-state index in [0.717, 1.165) is 0 Å². The van der Waals surface area contributed by atoms with Gasteiger partial charge in [-0.05, 0) is 24.1 Å². The Hall–Kier alpha value is -1.20. The molecule has 0 unspecified atom stereocenters. The molecule has 1 aromatic heterocycles. The van der Waals surface area contributed by atoms with Crippen molar-refractivity contribution in [2.45, 2.75) is 19.4 Å². The lowest BCUT2D eigenvalue weighted by Gasteiger charge is -2.08. The highest BCUT2D eigenvalue weighted by Gasteiger charge is 2.11. The highest BCUT2D eigenvalue weighted by atomic mass is 35.5. The molecule has 0 fully saturated rings. The Kier molecular flexibility index (Phi) is 3.79. The molecule has 0 aromatic carbocycles. The summed E-state index contributed by atoms with van der Waals surface area (Å²) < 4.78 is 0. The molecule has 1 heterocycles. The number of carbonyl (C=O) groups excluding carboxylic acids is 1. The molecule has 6 heteroatoms. The van der Waals surface area contributed by atoms with Crippen molar-refractivity contribution in [2.24, 2.45) is 5.73 Å². The van der Waals surface area contributed by atoms with Gasteiger partial charge in [0, 0.05) is 6.20 Å². The minimum Gasteiger partial charge on any atom is -0.320 e. The molecule has 1 atom stereocenters. The van der Waals surface area contributed by atoms with Crippen LogP contribution in [0.3, 0.4) is 0 Å². The largest absolute Gasteiger partial charge is 0.320 e. The van der Waals surface area contributed by atoms with Crippen LogP contribution < -0.4 is 11.1 Å². The standard InChI is InChI=1S/C8H11ClN4O/c1-2-5(10)7(14)12-6-3-4-11-8(9)13-6/h3-5H,2,10H2,1H3,(H,11,12,13,14)/t5-/m0/s1. The maximum Gasteiger partial charge on any atom is 0.242 e. The minimum absolute atomic E-state index is 0.0906. The third kappa shape index (κ3) is 2.93. The summed E-state index contributed by atoms with van der Waals surface area (Å²) in [6.45, 7) is 1.83. The molecule has 0 saturated carbocycles. The van der Waals surface area contributed by atoms with Crippen molar-refractivity contribution in [1.82, 2.24) is 9.97 Å². The number of amides is 1. The third-order valence-corrected chi connectivity index (χ3v) is 1.84. The van der Waals surface area contributed by atoms with E-state index in [1.54, 1.807) is 6.07 Å². The topological polar surface area (TPSA) is 80.9 Å². The third-order valence-electron chi connectivity index (χ3n) is 1.65. The first-order chi connectivity index (χ1) is 6.63. The van der Waals surface area contributed by atoms with Gasteiger partial charge in [0.2, 0.25) is 11.2 Å². The van der Waals surface area contributed by atoms with E-state index < -0.39 is 6.04 Å². The lowest BCUT2D eigenvalue weighted by Crippen LogP contribution is -2.35. The van der Waals surface area contributed by atoms with Gasteiger partial charge in [-0.3, -0.25) is 4.79 Å². The van der Waals surface area contributed by atoms with E-state index in [-0.39, 0.29) is 11.2 Å². The van der Waals surface area contributed by atoms with E-state index in [0.29, 0.717) is 12.2 Å². The predicted octanol–water partition coefficient (Wildman–Crippen LogP) is 0.806. The van der Waals surface area contributed by atoms with Crippen molar-refractivity contribution in [2.75, 3.05) is 5.32 Å². The molecule has 76 valence electrons. The Morgan fingerprint density at radius 1 is 1.79 bits per heavy atom. The first kappa shape index (κ1) is 10.9. The number of halogens is 1. The van der Waals surface area contributed by atoms with E-state index >= 15 is 0 Å². The summed E-state index contributed by atoms with van der Waals surface area (Å²) in [5, 5.41) is 2.62. The zero-order valence-electron chi connectivity index (χ0n) is 7.70. The molecule has 3 N–H and O–H groups in total. The second-order valence-corrected chi connectivity index (χ2v) is 3.05. The normalized spacial score (nSPS) is 12.2. The van der Waals surface area contributed by atoms with Gasteiger partial charge in [-0.2, -0.15) is 0 Å². The van der Waals surface area contributed by atoms with Gasteiger partial charge < -0.3 is 11.1 Å². The molecule has 1 rings (SSSR count). The van der Waals surface area contributed by atoms with Crippen LogP contribution in [-0.2, 0) is 4.79 Å². The predicted molar refractivity (Wildman–Crippen MR) is 53.9 cm³/mol. The second kappa shape index (κ2) is 4.88. The van der Waals surface area contributed by atoms with E-state index in [9.17, 15) is 4.79 Å². The Labute approximate surface area is 86.7 Å². The number of nitrogens with zero attached hydrogens (tertiary/aromatic N) is 2. The highest BCUT2D eigenvalue weighted by Crippen LogP contribution is 2.06. The number of carbonyl (C=O) groups is 1. The number of nitrogens with two attached hydrogens (primary N) is 1. The summed E-state index contributed by atoms with van der Waals surface area (Å²) in [5.41, 5.74) is 5.51. The molecule has 0 spiro atoms. The van der Waals surface area contributed by atoms with Gasteiger partial charge in [-0.1, -0.05) is 6.92 Å². The smallest absolute Gasteiger partial charge is 0.242 e. The van der Waals surface area contributed by atoms with Crippen molar-refractivity contribution in [1.29, 1.82) is 0 Å². The number of anilines is 1. The Morgan fingerprint density at radius 2 is 2.50 bits per heavy atom. The van der Waals surface area contributed by atoms with E-state index in [1.807, 2.05) is 6.92 Å². The van der Waals surface area contributed by atoms with Crippen LogP contribution >= 0.6 is 11.6 Å². The minimum atomic E-state index is -0.524. The molecular formula is C8H11ClN4O. The van der Waals surface area contributed by atoms with Crippen LogP contribution in [0.1, 0.15) is 13.3 Å². The first-order valence-electron chi connectivity index (χ1n) is 4.18. The summed E-state index contributed by atoms with van der Waals surface area (Å²) in [6, 6.07) is 1.02. The Bertz CT molecular complexity index is 331. The average molecular weight is 215 g/mol. The van der Waals surface area contributed by atoms with Crippen LogP contribution in [0.5, 0.6) is 0 Å². The van der Waals surface area contributed by atoms with Gasteiger partial charge in [0.1, 0.15) is 5.82 Å². The van der Waals surface area contributed by atoms with Gasteiger partial charge in [-0.25, -0.2) is 9.97 Å². The number of aromatic nitrogens is 2. The summed E-state index contributed by atoms with van der Waals surface area (Å²) in [7, 11) is 0. The van der Waals surface area contributed by atoms with Gasteiger partial charge in [0.05, 0.1) is 6.04 Å². The van der Waals surface area contributed by atoms with Crippen LogP contribution in [-0.4, -0.2) is 21.9 Å². The van der Waals surface area contributed by atoms with E-state index in [1.165, 1.54) is 6.20 Å². The number of hydrogen-bond donors (Lipinski definition) is 2. The van der Waals surface area contributed by atoms with Gasteiger partial charge in [-0.15, -0.1) is 0 Å². The molecule has 0 aliphatic rings. The zero-order chi connectivity index (χ0) is 10.6. The maximum absolute atomic E-state index is 11.3. The Balaban J connectivity index is 2.65. The molecule has 0 bridgehead atoms. The highest BCUT2D eigenvalue weighted by molar-refractivity contribution is 6.28. The lowest BCUT2D eigenvalue weighted by atomic mass is 10.2. The summed E-state index contributed by atoms with van der Waals surface area (Å²) in [6.07, 6.45) is 2.03. The van der Waals surface area contributed by atoms with Crippen LogP contribution in [0.15, 0.2) is 12.3 Å². The quantitative estimate of drug-likeness (QED) is 0.730. The van der Waals surface area contributed by atoms with Crippen molar-refractivity contribution in [3.63, 3.8) is 0 Å². The maximum atomic E-state index is 11.3. The molecule has 14 heavy (non-hydrogen) atoms. The van der Waals surface area contributed by atoms with Crippen LogP contribution in [0.2, 0.25) is 5.28 Å². The van der Waals surface area contributed by atoms with Crippen molar-refractivity contribution < 1.29 is 4.79 Å². The van der Waals surface area contributed by atoms with E-state index in [2.05, 4.69) is 15.3 Å². The summed E-state index contributed by atoms with van der Waals surface area (Å²) in [5.74, 6) is 0.0844. The Morgan fingerprint density at radius 3 is 3.07 bits per heavy atom. The molecule has 5 nitrogen and oxygen atoms in total. The molecule has 0 saturated heterocycles. The van der Waals surface area contributed by atoms with E-state index in [4.69, 9.17) is 17.3 Å². The fourth-order valence-electron chi connectivity index (χ4n) is 0.809. The lowest BCUT2D eigenvalue weighted by molar-refractivity contribution is -0.117. The molecular weight excluding hydrogens is 204 g/mol. The number of rotatable bonds is 3. The average Bonchev–Trinajstić information content (AvgIpc) is 2.16. The molecule has 1 aromatic rings. The SMILES string of the molecule is CC[C@H](N)C(=O)Nc1ccnc(Cl)n1. The monoisotopic (exact) mass is 214 g/mol. The van der Waals surface area contributed by atoms with Gasteiger partial charge in [0.15, 0.2) is 0 Å². The van der Waals surface area contributed by atoms with Crippen molar-refractivity contribution in [3.05, 3.63) is 17.5 Å². The fourth-order valence-corrected chi connectivity index (χ4v) is 0.956. The summed E-state index contributed by atoms with van der Waals surface area (Å²) >= 11 is 5.54. The van der Waals surface area contributed by atoms with Crippen LogP contribution in [0, 0.1) is 0 Å². The van der Waals surface area contributed by atoms with Gasteiger partial charge in [0.25, 0.3) is 0 Å². The number of nitrogens with one attached hydrogen (secondary N) is 1. The van der Waals surface area contributed by atoms with Gasteiger partial charge >= 0.3 is 0 Å². The zero-order valence-corrected chi connectivity index (χ0v) is 8.45. The fraction of sp³-hybridized carbons (Fsp3) is 0.375.